The van der Waals surface area contributed by atoms with Gasteiger partial charge < -0.3 is 15.0 Å². The zero-order valence-electron chi connectivity index (χ0n) is 22.2. The summed E-state index contributed by atoms with van der Waals surface area (Å²) in [5.74, 6) is 1.27. The Bertz CT molecular complexity index is 1560. The fraction of sp³-hybridized carbons (Fsp3) is 0.258. The molecule has 2 aromatic heterocycles. The van der Waals surface area contributed by atoms with Crippen molar-refractivity contribution in [3.63, 3.8) is 0 Å². The fourth-order valence-electron chi connectivity index (χ4n) is 5.22. The van der Waals surface area contributed by atoms with E-state index in [2.05, 4.69) is 56.6 Å². The van der Waals surface area contributed by atoms with Gasteiger partial charge in [0, 0.05) is 50.0 Å². The molecule has 4 aromatic rings. The number of piperidine rings is 1. The maximum atomic E-state index is 12.2. The van der Waals surface area contributed by atoms with Crippen LogP contribution in [0.15, 0.2) is 72.9 Å². The third-order valence-corrected chi connectivity index (χ3v) is 7.45. The Kier molecular flexibility index (Phi) is 7.08. The predicted molar refractivity (Wildman–Crippen MR) is 153 cm³/mol. The summed E-state index contributed by atoms with van der Waals surface area (Å²) >= 11 is 0. The van der Waals surface area contributed by atoms with Gasteiger partial charge in [-0.05, 0) is 36.1 Å². The third kappa shape index (κ3) is 5.35. The molecule has 6 rings (SSSR count). The highest BCUT2D eigenvalue weighted by Gasteiger charge is 2.26. The van der Waals surface area contributed by atoms with Crippen LogP contribution in [-0.4, -0.2) is 58.5 Å². The Labute approximate surface area is 233 Å². The number of carbonyl (C=O) groups is 1. The SMILES string of the molecule is CN1C(=O)COc2nc(-c3ccc(CN4CCC(Nc5ccnc(C#N)n5)CC4)cc3)c(-c3ccccc3)cc21. The molecule has 9 heteroatoms. The molecule has 0 unspecified atom stereocenters. The van der Waals surface area contributed by atoms with Crippen molar-refractivity contribution in [3.8, 4) is 34.3 Å². The number of amides is 1. The lowest BCUT2D eigenvalue weighted by Crippen LogP contribution is -2.38. The van der Waals surface area contributed by atoms with Crippen LogP contribution >= 0.6 is 0 Å². The Morgan fingerprint density at radius 3 is 2.55 bits per heavy atom. The third-order valence-electron chi connectivity index (χ3n) is 7.45. The predicted octanol–water partition coefficient (Wildman–Crippen LogP) is 4.51. The van der Waals surface area contributed by atoms with Crippen molar-refractivity contribution in [1.29, 1.82) is 5.26 Å². The van der Waals surface area contributed by atoms with Gasteiger partial charge in [-0.1, -0.05) is 54.6 Å². The topological polar surface area (TPSA) is 107 Å². The average molecular weight is 532 g/mol. The van der Waals surface area contributed by atoms with Crippen molar-refractivity contribution in [1.82, 2.24) is 19.9 Å². The molecular formula is C31H29N7O2. The maximum Gasteiger partial charge on any atom is 0.264 e. The number of likely N-dealkylation sites (tertiary alicyclic amines) is 1. The van der Waals surface area contributed by atoms with Gasteiger partial charge in [0.05, 0.1) is 5.69 Å². The van der Waals surface area contributed by atoms with Gasteiger partial charge in [0.15, 0.2) is 6.61 Å². The molecule has 1 amide bonds. The van der Waals surface area contributed by atoms with Crippen molar-refractivity contribution in [2.45, 2.75) is 25.4 Å². The molecule has 0 atom stereocenters. The second-order valence-electron chi connectivity index (χ2n) is 10.1. The van der Waals surface area contributed by atoms with E-state index in [4.69, 9.17) is 15.0 Å². The van der Waals surface area contributed by atoms with Gasteiger partial charge in [0.1, 0.15) is 17.6 Å². The number of hydrogen-bond donors (Lipinski definition) is 1. The molecule has 4 heterocycles. The normalized spacial score (nSPS) is 15.7. The molecule has 2 aromatic carbocycles. The van der Waals surface area contributed by atoms with Crippen LogP contribution < -0.4 is 15.0 Å². The zero-order chi connectivity index (χ0) is 27.5. The smallest absolute Gasteiger partial charge is 0.264 e. The summed E-state index contributed by atoms with van der Waals surface area (Å²) in [4.78, 5) is 29.4. The molecule has 40 heavy (non-hydrogen) atoms. The van der Waals surface area contributed by atoms with E-state index in [1.807, 2.05) is 30.3 Å². The minimum Gasteiger partial charge on any atom is -0.466 e. The van der Waals surface area contributed by atoms with Gasteiger partial charge in [-0.25, -0.2) is 15.0 Å². The molecular weight excluding hydrogens is 502 g/mol. The van der Waals surface area contributed by atoms with E-state index in [9.17, 15) is 4.79 Å². The van der Waals surface area contributed by atoms with Crippen molar-refractivity contribution in [2.75, 3.05) is 37.0 Å². The fourth-order valence-corrected chi connectivity index (χ4v) is 5.22. The number of hydrogen-bond acceptors (Lipinski definition) is 8. The number of pyridine rings is 1. The van der Waals surface area contributed by atoms with Crippen LogP contribution in [0.25, 0.3) is 22.4 Å². The van der Waals surface area contributed by atoms with Gasteiger partial charge in [0.2, 0.25) is 11.7 Å². The largest absolute Gasteiger partial charge is 0.466 e. The summed E-state index contributed by atoms with van der Waals surface area (Å²) < 4.78 is 5.71. The van der Waals surface area contributed by atoms with Crippen LogP contribution in [0.5, 0.6) is 5.88 Å². The van der Waals surface area contributed by atoms with E-state index in [0.29, 0.717) is 23.4 Å². The first-order valence-corrected chi connectivity index (χ1v) is 13.4. The Morgan fingerprint density at radius 1 is 1.02 bits per heavy atom. The lowest BCUT2D eigenvalue weighted by Gasteiger charge is -2.32. The summed E-state index contributed by atoms with van der Waals surface area (Å²) in [5, 5.41) is 12.5. The van der Waals surface area contributed by atoms with Gasteiger partial charge in [-0.15, -0.1) is 0 Å². The molecule has 0 aliphatic carbocycles. The van der Waals surface area contributed by atoms with Crippen molar-refractivity contribution in [3.05, 3.63) is 84.3 Å². The van der Waals surface area contributed by atoms with Crippen LogP contribution in [0.3, 0.4) is 0 Å². The molecule has 2 aliphatic rings. The summed E-state index contributed by atoms with van der Waals surface area (Å²) in [5.41, 5.74) is 5.74. The van der Waals surface area contributed by atoms with E-state index < -0.39 is 0 Å². The average Bonchev–Trinajstić information content (AvgIpc) is 3.00. The number of nitriles is 1. The molecule has 0 saturated carbocycles. The number of nitrogens with zero attached hydrogens (tertiary/aromatic N) is 6. The van der Waals surface area contributed by atoms with E-state index in [1.54, 1.807) is 24.2 Å². The first-order chi connectivity index (χ1) is 19.6. The van der Waals surface area contributed by atoms with Crippen LogP contribution in [0.2, 0.25) is 0 Å². The number of likely N-dealkylation sites (N-methyl/N-ethyl adjacent to an activating group) is 1. The lowest BCUT2D eigenvalue weighted by atomic mass is 9.97. The molecule has 0 radical (unpaired) electrons. The van der Waals surface area contributed by atoms with E-state index in [1.165, 1.54) is 5.56 Å². The van der Waals surface area contributed by atoms with E-state index >= 15 is 0 Å². The Balaban J connectivity index is 1.16. The summed E-state index contributed by atoms with van der Waals surface area (Å²) in [6.45, 7) is 2.82. The number of benzene rings is 2. The van der Waals surface area contributed by atoms with Gasteiger partial charge in [-0.3, -0.25) is 9.69 Å². The zero-order valence-corrected chi connectivity index (χ0v) is 22.2. The molecule has 1 saturated heterocycles. The first-order valence-electron chi connectivity index (χ1n) is 13.4. The lowest BCUT2D eigenvalue weighted by molar-refractivity contribution is -0.121. The first kappa shape index (κ1) is 25.5. The number of ether oxygens (including phenoxy) is 1. The Morgan fingerprint density at radius 2 is 1.80 bits per heavy atom. The molecule has 2 aliphatic heterocycles. The number of carbonyl (C=O) groups excluding carboxylic acids is 1. The second-order valence-corrected chi connectivity index (χ2v) is 10.1. The summed E-state index contributed by atoms with van der Waals surface area (Å²) in [6.07, 6.45) is 3.61. The number of rotatable bonds is 6. The number of nitrogens with one attached hydrogen (secondary N) is 1. The molecule has 0 bridgehead atoms. The molecule has 200 valence electrons. The quantitative estimate of drug-likeness (QED) is 0.387. The monoisotopic (exact) mass is 531 g/mol. The molecule has 0 spiro atoms. The van der Waals surface area contributed by atoms with Crippen LogP contribution in [-0.2, 0) is 11.3 Å². The van der Waals surface area contributed by atoms with Gasteiger partial charge in [0.25, 0.3) is 5.91 Å². The van der Waals surface area contributed by atoms with E-state index in [-0.39, 0.29) is 18.3 Å². The summed E-state index contributed by atoms with van der Waals surface area (Å²) in [6, 6.07) is 24.8. The van der Waals surface area contributed by atoms with Crippen LogP contribution in [0.4, 0.5) is 11.5 Å². The highest BCUT2D eigenvalue weighted by Crippen LogP contribution is 2.39. The Hall–Kier alpha value is -4.81. The minimum atomic E-state index is -0.0904. The maximum absolute atomic E-state index is 12.2. The highest BCUT2D eigenvalue weighted by molar-refractivity contribution is 5.98. The molecule has 9 nitrogen and oxygen atoms in total. The van der Waals surface area contributed by atoms with E-state index in [0.717, 1.165) is 54.9 Å². The highest BCUT2D eigenvalue weighted by atomic mass is 16.5. The molecule has 1 N–H and O–H groups in total. The number of fused-ring (bicyclic) bond motifs is 1. The minimum absolute atomic E-state index is 0.00819. The van der Waals surface area contributed by atoms with Crippen molar-refractivity contribution in [2.24, 2.45) is 0 Å². The second kappa shape index (κ2) is 11.1. The number of aromatic nitrogens is 3. The van der Waals surface area contributed by atoms with Gasteiger partial charge >= 0.3 is 0 Å². The van der Waals surface area contributed by atoms with Crippen LogP contribution in [0, 0.1) is 11.3 Å². The van der Waals surface area contributed by atoms with Crippen molar-refractivity contribution >= 4 is 17.4 Å². The summed E-state index contributed by atoms with van der Waals surface area (Å²) in [7, 11) is 1.76. The molecule has 1 fully saturated rings. The van der Waals surface area contributed by atoms with Crippen LogP contribution in [0.1, 0.15) is 24.2 Å². The standard InChI is InChI=1S/C31H29N7O2/c1-37-26-17-25(22-5-3-2-4-6-22)30(36-31(26)40-20-29(37)39)23-9-7-21(8-10-23)19-38-15-12-24(13-16-38)34-27-11-14-33-28(18-32)35-27/h2-11,14,17,24H,12-13,15-16,19-20H2,1H3,(H,33,34,35). The van der Waals surface area contributed by atoms with Gasteiger partial charge in [-0.2, -0.15) is 5.26 Å². The van der Waals surface area contributed by atoms with Crippen molar-refractivity contribution < 1.29 is 9.53 Å². The number of anilines is 2.